The predicted molar refractivity (Wildman–Crippen MR) is 128 cm³/mol. The number of methoxy groups -OCH3 is 1. The van der Waals surface area contributed by atoms with E-state index in [1.807, 2.05) is 30.3 Å². The average Bonchev–Trinajstić information content (AvgIpc) is 3.52. The number of likely N-dealkylation sites (tertiary alicyclic amines) is 1. The Kier molecular flexibility index (Phi) is 4.41. The molecule has 1 saturated heterocycles. The molecule has 0 saturated carbocycles. The van der Waals surface area contributed by atoms with Gasteiger partial charge in [0.05, 0.1) is 30.2 Å². The molecule has 0 spiro atoms. The maximum absolute atomic E-state index is 13.6. The SMILES string of the molecule is COc1ccc2c(c1-n1cccc1)C1(C)CCN(C(=O)c3ccc4nc[nH]c4c3)[C@H](C2)C1C. The molecule has 6 rings (SSSR count). The van der Waals surface area contributed by atoms with Crippen molar-refractivity contribution in [3.63, 3.8) is 0 Å². The number of hydrogen-bond donors (Lipinski definition) is 1. The van der Waals surface area contributed by atoms with Gasteiger partial charge in [0.1, 0.15) is 5.75 Å². The van der Waals surface area contributed by atoms with Gasteiger partial charge in [-0.3, -0.25) is 4.79 Å². The zero-order chi connectivity index (χ0) is 22.7. The quantitative estimate of drug-likeness (QED) is 0.501. The van der Waals surface area contributed by atoms with Crippen LogP contribution in [-0.2, 0) is 11.8 Å². The standard InChI is InChI=1S/C27H28N4O2/c1-17-22-15-18-7-9-23(33-3)25(30-11-4-5-12-30)24(18)27(17,2)10-13-31(22)26(32)19-6-8-20-21(14-19)29-16-28-20/h4-9,11-12,14,16-17,22H,10,13,15H2,1-3H3,(H,28,29)/t17?,22-,27?/m1/s1. The highest BCUT2D eigenvalue weighted by atomic mass is 16.5. The second-order valence-corrected chi connectivity index (χ2v) is 9.60. The molecule has 1 fully saturated rings. The Labute approximate surface area is 193 Å². The summed E-state index contributed by atoms with van der Waals surface area (Å²) in [7, 11) is 1.74. The lowest BCUT2D eigenvalue weighted by Gasteiger charge is -2.55. The van der Waals surface area contributed by atoms with Gasteiger partial charge in [0.15, 0.2) is 0 Å². The number of carbonyl (C=O) groups excluding carboxylic acids is 1. The number of piperidine rings is 1. The molecule has 0 radical (unpaired) electrons. The monoisotopic (exact) mass is 440 g/mol. The number of aromatic amines is 1. The maximum Gasteiger partial charge on any atom is 0.254 e. The predicted octanol–water partition coefficient (Wildman–Crippen LogP) is 4.73. The molecular formula is C27H28N4O2. The average molecular weight is 441 g/mol. The summed E-state index contributed by atoms with van der Waals surface area (Å²) in [5.41, 5.74) is 6.27. The number of fused-ring (bicyclic) bond motifs is 5. The zero-order valence-corrected chi connectivity index (χ0v) is 19.2. The minimum absolute atomic E-state index is 0.0451. The van der Waals surface area contributed by atoms with Crippen LogP contribution in [0.1, 0.15) is 41.8 Å². The van der Waals surface area contributed by atoms with E-state index in [1.54, 1.807) is 13.4 Å². The molecule has 4 aromatic rings. The van der Waals surface area contributed by atoms with Gasteiger partial charge < -0.3 is 19.2 Å². The van der Waals surface area contributed by atoms with Gasteiger partial charge in [0.2, 0.25) is 0 Å². The number of rotatable bonds is 3. The van der Waals surface area contributed by atoms with Crippen molar-refractivity contribution in [1.29, 1.82) is 0 Å². The second-order valence-electron chi connectivity index (χ2n) is 9.60. The van der Waals surface area contributed by atoms with Crippen LogP contribution in [0.15, 0.2) is 61.2 Å². The Morgan fingerprint density at radius 1 is 1.21 bits per heavy atom. The van der Waals surface area contributed by atoms with Crippen molar-refractivity contribution in [1.82, 2.24) is 19.4 Å². The fourth-order valence-corrected chi connectivity index (χ4v) is 6.12. The summed E-state index contributed by atoms with van der Waals surface area (Å²) < 4.78 is 7.98. The summed E-state index contributed by atoms with van der Waals surface area (Å²) >= 11 is 0. The largest absolute Gasteiger partial charge is 0.495 e. The van der Waals surface area contributed by atoms with Crippen molar-refractivity contribution in [2.45, 2.75) is 38.1 Å². The Bertz CT molecular complexity index is 1360. The van der Waals surface area contributed by atoms with Crippen molar-refractivity contribution in [2.24, 2.45) is 5.92 Å². The third-order valence-corrected chi connectivity index (χ3v) is 8.09. The summed E-state index contributed by atoms with van der Waals surface area (Å²) in [4.78, 5) is 23.2. The highest BCUT2D eigenvalue weighted by Crippen LogP contribution is 2.52. The van der Waals surface area contributed by atoms with Crippen molar-refractivity contribution in [3.8, 4) is 11.4 Å². The third kappa shape index (κ3) is 2.86. The molecule has 3 heterocycles. The van der Waals surface area contributed by atoms with E-state index >= 15 is 0 Å². The van der Waals surface area contributed by atoms with Crippen LogP contribution in [0, 0.1) is 5.92 Å². The van der Waals surface area contributed by atoms with Crippen LogP contribution >= 0.6 is 0 Å². The van der Waals surface area contributed by atoms with Gasteiger partial charge in [0, 0.05) is 36.0 Å². The minimum Gasteiger partial charge on any atom is -0.495 e. The van der Waals surface area contributed by atoms with Crippen molar-refractivity contribution in [2.75, 3.05) is 13.7 Å². The van der Waals surface area contributed by atoms with E-state index < -0.39 is 0 Å². The summed E-state index contributed by atoms with van der Waals surface area (Å²) in [5.74, 6) is 1.32. The Hall–Kier alpha value is -3.54. The van der Waals surface area contributed by atoms with Crippen LogP contribution in [0.5, 0.6) is 5.75 Å². The van der Waals surface area contributed by atoms with E-state index in [9.17, 15) is 4.79 Å². The van der Waals surface area contributed by atoms with Crippen molar-refractivity contribution >= 4 is 16.9 Å². The van der Waals surface area contributed by atoms with Crippen LogP contribution < -0.4 is 4.74 Å². The van der Waals surface area contributed by atoms with E-state index in [4.69, 9.17) is 4.74 Å². The normalized spacial score (nSPS) is 24.0. The first-order chi connectivity index (χ1) is 16.0. The smallest absolute Gasteiger partial charge is 0.254 e. The lowest BCUT2D eigenvalue weighted by Crippen LogP contribution is -2.59. The minimum atomic E-state index is -0.0451. The first-order valence-electron chi connectivity index (χ1n) is 11.6. The molecule has 1 aliphatic carbocycles. The zero-order valence-electron chi connectivity index (χ0n) is 19.2. The molecule has 2 aromatic carbocycles. The fraction of sp³-hybridized carbons (Fsp3) is 0.333. The van der Waals surface area contributed by atoms with Crippen LogP contribution in [0.2, 0.25) is 0 Å². The lowest BCUT2D eigenvalue weighted by molar-refractivity contribution is 0.0250. The van der Waals surface area contributed by atoms with Gasteiger partial charge in [0.25, 0.3) is 5.91 Å². The number of amides is 1. The van der Waals surface area contributed by atoms with Crippen LogP contribution in [0.4, 0.5) is 0 Å². The number of imidazole rings is 1. The van der Waals surface area contributed by atoms with E-state index in [-0.39, 0.29) is 17.4 Å². The van der Waals surface area contributed by atoms with Gasteiger partial charge >= 0.3 is 0 Å². The first-order valence-corrected chi connectivity index (χ1v) is 11.6. The molecule has 2 aliphatic rings. The maximum atomic E-state index is 13.6. The number of hydrogen-bond acceptors (Lipinski definition) is 3. The number of H-pyrrole nitrogens is 1. The van der Waals surface area contributed by atoms with Gasteiger partial charge in [-0.25, -0.2) is 4.98 Å². The molecule has 6 nitrogen and oxygen atoms in total. The van der Waals surface area contributed by atoms with Gasteiger partial charge in [-0.2, -0.15) is 0 Å². The number of nitrogens with zero attached hydrogens (tertiary/aromatic N) is 3. The molecular weight excluding hydrogens is 412 g/mol. The van der Waals surface area contributed by atoms with Crippen molar-refractivity contribution in [3.05, 3.63) is 77.9 Å². The van der Waals surface area contributed by atoms with E-state index in [1.165, 1.54) is 11.1 Å². The molecule has 168 valence electrons. The summed E-state index contributed by atoms with van der Waals surface area (Å²) in [6.07, 6.45) is 7.60. The van der Waals surface area contributed by atoms with Crippen LogP contribution in [0.3, 0.4) is 0 Å². The molecule has 1 amide bonds. The summed E-state index contributed by atoms with van der Waals surface area (Å²) in [6.45, 7) is 5.42. The highest BCUT2D eigenvalue weighted by molar-refractivity contribution is 5.97. The topological polar surface area (TPSA) is 63.1 Å². The number of benzene rings is 2. The van der Waals surface area contributed by atoms with Crippen molar-refractivity contribution < 1.29 is 9.53 Å². The van der Waals surface area contributed by atoms with Crippen LogP contribution in [-0.4, -0.2) is 45.0 Å². The molecule has 1 aliphatic heterocycles. The van der Waals surface area contributed by atoms with E-state index in [0.29, 0.717) is 5.92 Å². The molecule has 6 heteroatoms. The Balaban J connectivity index is 1.43. The number of ether oxygens (including phenoxy) is 1. The Morgan fingerprint density at radius 2 is 2.03 bits per heavy atom. The molecule has 2 unspecified atom stereocenters. The molecule has 2 aromatic heterocycles. The molecule has 33 heavy (non-hydrogen) atoms. The van der Waals surface area contributed by atoms with Gasteiger partial charge in [-0.05, 0) is 66.3 Å². The lowest BCUT2D eigenvalue weighted by atomic mass is 9.58. The molecule has 1 N–H and O–H groups in total. The van der Waals surface area contributed by atoms with Gasteiger partial charge in [-0.1, -0.05) is 19.9 Å². The second kappa shape index (κ2) is 7.24. The first kappa shape index (κ1) is 20.1. The number of nitrogens with one attached hydrogen (secondary N) is 1. The van der Waals surface area contributed by atoms with E-state index in [2.05, 4.69) is 57.8 Å². The third-order valence-electron chi connectivity index (χ3n) is 8.09. The summed E-state index contributed by atoms with van der Waals surface area (Å²) in [6, 6.07) is 14.3. The molecule has 2 bridgehead atoms. The fourth-order valence-electron chi connectivity index (χ4n) is 6.12. The van der Waals surface area contributed by atoms with Gasteiger partial charge in [-0.15, -0.1) is 0 Å². The van der Waals surface area contributed by atoms with Crippen LogP contribution in [0.25, 0.3) is 16.7 Å². The number of aromatic nitrogens is 3. The highest BCUT2D eigenvalue weighted by Gasteiger charge is 2.51. The molecule has 3 atom stereocenters. The van der Waals surface area contributed by atoms with E-state index in [0.717, 1.165) is 47.4 Å². The summed E-state index contributed by atoms with van der Waals surface area (Å²) in [5, 5.41) is 0. The Morgan fingerprint density at radius 3 is 2.82 bits per heavy atom. The number of carbonyl (C=O) groups is 1.